The molecular formula is C12H20N4O3. The lowest BCUT2D eigenvalue weighted by atomic mass is 10.1. The summed E-state index contributed by atoms with van der Waals surface area (Å²) in [6, 6.07) is 0.0551. The van der Waals surface area contributed by atoms with Crippen molar-refractivity contribution in [1.29, 1.82) is 0 Å². The maximum Gasteiger partial charge on any atom is 0.325 e. The van der Waals surface area contributed by atoms with Crippen LogP contribution in [0.3, 0.4) is 0 Å². The van der Waals surface area contributed by atoms with Crippen molar-refractivity contribution in [3.05, 3.63) is 11.9 Å². The van der Waals surface area contributed by atoms with Crippen LogP contribution in [-0.2, 0) is 11.3 Å². The molecule has 0 aromatic carbocycles. The summed E-state index contributed by atoms with van der Waals surface area (Å²) in [5.41, 5.74) is 0.176. The largest absolute Gasteiger partial charge is 0.480 e. The highest BCUT2D eigenvalue weighted by Gasteiger charge is 2.22. The van der Waals surface area contributed by atoms with E-state index >= 15 is 0 Å². The first-order chi connectivity index (χ1) is 8.81. The summed E-state index contributed by atoms with van der Waals surface area (Å²) >= 11 is 0. The van der Waals surface area contributed by atoms with E-state index in [4.69, 9.17) is 5.11 Å². The van der Waals surface area contributed by atoms with Gasteiger partial charge in [-0.3, -0.25) is 9.59 Å². The van der Waals surface area contributed by atoms with Gasteiger partial charge in [0.05, 0.1) is 6.20 Å². The number of amides is 1. The highest BCUT2D eigenvalue weighted by Crippen LogP contribution is 2.09. The van der Waals surface area contributed by atoms with Crippen LogP contribution in [0.5, 0.6) is 0 Å². The van der Waals surface area contributed by atoms with E-state index in [2.05, 4.69) is 10.3 Å². The van der Waals surface area contributed by atoms with E-state index in [0.29, 0.717) is 12.5 Å². The Hall–Kier alpha value is -1.92. The standard InChI is InChI=1S/C12H20N4O3/c1-8(2)5-16(9(3)4)12(19)10-6-15(14-13-10)7-11(17)18/h6,8-9H,5,7H2,1-4H3,(H,17,18). The van der Waals surface area contributed by atoms with Gasteiger partial charge in [-0.1, -0.05) is 19.1 Å². The van der Waals surface area contributed by atoms with Crippen LogP contribution >= 0.6 is 0 Å². The van der Waals surface area contributed by atoms with E-state index in [-0.39, 0.29) is 24.2 Å². The Kier molecular flexibility index (Phi) is 5.02. The highest BCUT2D eigenvalue weighted by molar-refractivity contribution is 5.92. The summed E-state index contributed by atoms with van der Waals surface area (Å²) < 4.78 is 1.14. The van der Waals surface area contributed by atoms with Gasteiger partial charge in [-0.25, -0.2) is 4.68 Å². The molecule has 0 aliphatic heterocycles. The van der Waals surface area contributed by atoms with Crippen molar-refractivity contribution in [1.82, 2.24) is 19.9 Å². The third-order valence-electron chi connectivity index (χ3n) is 2.50. The third-order valence-corrected chi connectivity index (χ3v) is 2.50. The Morgan fingerprint density at radius 3 is 2.47 bits per heavy atom. The minimum atomic E-state index is -1.02. The smallest absolute Gasteiger partial charge is 0.325 e. The second-order valence-electron chi connectivity index (χ2n) is 5.14. The number of carboxylic acid groups (broad SMARTS) is 1. The number of rotatable bonds is 6. The molecule has 1 aromatic heterocycles. The molecule has 1 N–H and O–H groups in total. The normalized spacial score (nSPS) is 11.1. The van der Waals surface area contributed by atoms with Gasteiger partial charge in [-0.2, -0.15) is 0 Å². The number of carbonyl (C=O) groups is 2. The average Bonchev–Trinajstić information content (AvgIpc) is 2.71. The lowest BCUT2D eigenvalue weighted by molar-refractivity contribution is -0.137. The van der Waals surface area contributed by atoms with Crippen molar-refractivity contribution < 1.29 is 14.7 Å². The Morgan fingerprint density at radius 2 is 2.00 bits per heavy atom. The molecule has 0 atom stereocenters. The molecule has 0 saturated carbocycles. The molecule has 0 aliphatic rings. The van der Waals surface area contributed by atoms with Gasteiger partial charge in [-0.15, -0.1) is 5.10 Å². The quantitative estimate of drug-likeness (QED) is 0.827. The first-order valence-corrected chi connectivity index (χ1v) is 6.24. The second-order valence-corrected chi connectivity index (χ2v) is 5.14. The molecule has 106 valence electrons. The third kappa shape index (κ3) is 4.35. The molecule has 0 fully saturated rings. The van der Waals surface area contributed by atoms with Gasteiger partial charge in [0.1, 0.15) is 6.54 Å². The van der Waals surface area contributed by atoms with E-state index in [0.717, 1.165) is 4.68 Å². The maximum absolute atomic E-state index is 12.3. The van der Waals surface area contributed by atoms with Crippen molar-refractivity contribution in [2.45, 2.75) is 40.3 Å². The first-order valence-electron chi connectivity index (χ1n) is 6.24. The van der Waals surface area contributed by atoms with Gasteiger partial charge in [0, 0.05) is 12.6 Å². The molecule has 0 bridgehead atoms. The Balaban J connectivity index is 2.84. The van der Waals surface area contributed by atoms with Crippen LogP contribution in [0.15, 0.2) is 6.20 Å². The zero-order valence-corrected chi connectivity index (χ0v) is 11.7. The lowest BCUT2D eigenvalue weighted by Gasteiger charge is -2.27. The number of carboxylic acids is 1. The van der Waals surface area contributed by atoms with Crippen molar-refractivity contribution in [3.8, 4) is 0 Å². The molecule has 0 unspecified atom stereocenters. The molecule has 0 aliphatic carbocycles. The lowest BCUT2D eigenvalue weighted by Crippen LogP contribution is -2.39. The minimum Gasteiger partial charge on any atom is -0.480 e. The summed E-state index contributed by atoms with van der Waals surface area (Å²) in [5.74, 6) is -0.896. The SMILES string of the molecule is CC(C)CN(C(=O)c1cn(CC(=O)O)nn1)C(C)C. The monoisotopic (exact) mass is 268 g/mol. The van der Waals surface area contributed by atoms with Crippen LogP contribution in [0.1, 0.15) is 38.2 Å². The fourth-order valence-corrected chi connectivity index (χ4v) is 1.68. The molecule has 19 heavy (non-hydrogen) atoms. The van der Waals surface area contributed by atoms with E-state index in [9.17, 15) is 9.59 Å². The molecule has 1 rings (SSSR count). The van der Waals surface area contributed by atoms with Gasteiger partial charge in [0.25, 0.3) is 5.91 Å². The first kappa shape index (κ1) is 15.1. The predicted octanol–water partition coefficient (Wildman–Crippen LogP) is 0.869. The van der Waals surface area contributed by atoms with Gasteiger partial charge in [0.2, 0.25) is 0 Å². The number of nitrogens with zero attached hydrogens (tertiary/aromatic N) is 4. The van der Waals surface area contributed by atoms with Crippen molar-refractivity contribution in [3.63, 3.8) is 0 Å². The zero-order chi connectivity index (χ0) is 14.6. The maximum atomic E-state index is 12.3. The van der Waals surface area contributed by atoms with Crippen LogP contribution < -0.4 is 0 Å². The van der Waals surface area contributed by atoms with Crippen LogP contribution in [-0.4, -0.2) is 49.5 Å². The fourth-order valence-electron chi connectivity index (χ4n) is 1.68. The summed E-state index contributed by atoms with van der Waals surface area (Å²) in [4.78, 5) is 24.5. The van der Waals surface area contributed by atoms with Gasteiger partial charge < -0.3 is 10.0 Å². The molecule has 7 nitrogen and oxygen atoms in total. The molecule has 7 heteroatoms. The fraction of sp³-hybridized carbons (Fsp3) is 0.667. The van der Waals surface area contributed by atoms with Gasteiger partial charge in [-0.05, 0) is 19.8 Å². The van der Waals surface area contributed by atoms with Crippen LogP contribution in [0.4, 0.5) is 0 Å². The number of hydrogen-bond donors (Lipinski definition) is 1. The Bertz CT molecular complexity index is 454. The van der Waals surface area contributed by atoms with E-state index in [1.54, 1.807) is 4.90 Å². The Morgan fingerprint density at radius 1 is 1.37 bits per heavy atom. The summed E-state index contributed by atoms with van der Waals surface area (Å²) in [6.45, 7) is 8.26. The van der Waals surface area contributed by atoms with Crippen molar-refractivity contribution in [2.75, 3.05) is 6.54 Å². The zero-order valence-electron chi connectivity index (χ0n) is 11.7. The highest BCUT2D eigenvalue weighted by atomic mass is 16.4. The molecule has 1 amide bonds. The topological polar surface area (TPSA) is 88.3 Å². The van der Waals surface area contributed by atoms with E-state index < -0.39 is 5.97 Å². The van der Waals surface area contributed by atoms with Crippen molar-refractivity contribution in [2.24, 2.45) is 5.92 Å². The molecular weight excluding hydrogens is 248 g/mol. The summed E-state index contributed by atoms with van der Waals surface area (Å²) in [7, 11) is 0. The van der Waals surface area contributed by atoms with E-state index in [1.165, 1.54) is 6.20 Å². The van der Waals surface area contributed by atoms with Crippen LogP contribution in [0, 0.1) is 5.92 Å². The molecule has 0 saturated heterocycles. The minimum absolute atomic E-state index is 0.0551. The van der Waals surface area contributed by atoms with Crippen molar-refractivity contribution >= 4 is 11.9 Å². The molecule has 0 radical (unpaired) electrons. The number of carbonyl (C=O) groups excluding carboxylic acids is 1. The molecule has 1 heterocycles. The predicted molar refractivity (Wildman–Crippen MR) is 68.7 cm³/mol. The van der Waals surface area contributed by atoms with E-state index in [1.807, 2.05) is 27.7 Å². The average molecular weight is 268 g/mol. The summed E-state index contributed by atoms with van der Waals surface area (Å²) in [5, 5.41) is 16.0. The second kappa shape index (κ2) is 6.31. The van der Waals surface area contributed by atoms with Gasteiger partial charge in [0.15, 0.2) is 5.69 Å². The molecule has 1 aromatic rings. The van der Waals surface area contributed by atoms with Crippen LogP contribution in [0.25, 0.3) is 0 Å². The summed E-state index contributed by atoms with van der Waals surface area (Å²) in [6.07, 6.45) is 1.37. The van der Waals surface area contributed by atoms with Gasteiger partial charge >= 0.3 is 5.97 Å². The number of aromatic nitrogens is 3. The number of hydrogen-bond acceptors (Lipinski definition) is 4. The number of aliphatic carboxylic acids is 1. The van der Waals surface area contributed by atoms with Crippen LogP contribution in [0.2, 0.25) is 0 Å². The molecule has 0 spiro atoms. The Labute approximate surface area is 112 Å².